The third-order valence-corrected chi connectivity index (χ3v) is 5.00. The fraction of sp³-hybridized carbons (Fsp3) is 0.667. The van der Waals surface area contributed by atoms with E-state index in [1.54, 1.807) is 0 Å². The molecule has 0 aliphatic carbocycles. The molecule has 7 heteroatoms. The molecule has 7 nitrogen and oxygen atoms in total. The van der Waals surface area contributed by atoms with E-state index in [9.17, 15) is 10.2 Å². The molecule has 3 N–H and O–H groups in total. The van der Waals surface area contributed by atoms with E-state index in [1.807, 2.05) is 24.3 Å². The molecule has 1 saturated heterocycles. The van der Waals surface area contributed by atoms with Gasteiger partial charge in [0.1, 0.15) is 18.1 Å². The summed E-state index contributed by atoms with van der Waals surface area (Å²) < 4.78 is 11.4. The second kappa shape index (κ2) is 13.4. The van der Waals surface area contributed by atoms with E-state index < -0.39 is 6.10 Å². The quantitative estimate of drug-likeness (QED) is 0.521. The number of carboxylic acid groups (broad SMARTS) is 1. The zero-order valence-electron chi connectivity index (χ0n) is 17.0. The van der Waals surface area contributed by atoms with Crippen LogP contribution < -0.4 is 9.47 Å². The lowest BCUT2D eigenvalue weighted by molar-refractivity contribution is -0.122. The van der Waals surface area contributed by atoms with E-state index >= 15 is 0 Å². The van der Waals surface area contributed by atoms with E-state index in [4.69, 9.17) is 19.4 Å². The fourth-order valence-electron chi connectivity index (χ4n) is 3.55. The molecule has 0 bridgehead atoms. The van der Waals surface area contributed by atoms with Gasteiger partial charge in [-0.25, -0.2) is 0 Å². The van der Waals surface area contributed by atoms with Gasteiger partial charge >= 0.3 is 0 Å². The van der Waals surface area contributed by atoms with Gasteiger partial charge in [0.05, 0.1) is 19.3 Å². The minimum absolute atomic E-state index is 0.0403. The Hall–Kier alpha value is -1.83. The van der Waals surface area contributed by atoms with Crippen molar-refractivity contribution < 1.29 is 29.6 Å². The Bertz CT molecular complexity index is 538. The van der Waals surface area contributed by atoms with Crippen molar-refractivity contribution in [3.63, 3.8) is 0 Å². The molecule has 1 aliphatic heterocycles. The van der Waals surface area contributed by atoms with Crippen LogP contribution in [0.3, 0.4) is 0 Å². The van der Waals surface area contributed by atoms with Gasteiger partial charge in [-0.3, -0.25) is 9.69 Å². The van der Waals surface area contributed by atoms with Crippen LogP contribution in [-0.2, 0) is 4.79 Å². The van der Waals surface area contributed by atoms with Gasteiger partial charge in [-0.15, -0.1) is 0 Å². The molecule has 0 amide bonds. The molecular weight excluding hydrogens is 362 g/mol. The Morgan fingerprint density at radius 3 is 2.21 bits per heavy atom. The first kappa shape index (κ1) is 24.2. The van der Waals surface area contributed by atoms with Gasteiger partial charge in [-0.1, -0.05) is 20.3 Å². The highest BCUT2D eigenvalue weighted by Crippen LogP contribution is 2.34. The zero-order chi connectivity index (χ0) is 20.8. The maximum Gasteiger partial charge on any atom is 0.290 e. The topological polar surface area (TPSA) is 99.5 Å². The molecule has 28 heavy (non-hydrogen) atoms. The highest BCUT2D eigenvalue weighted by molar-refractivity contribution is 5.32. The summed E-state index contributed by atoms with van der Waals surface area (Å²) in [6.07, 6.45) is 3.11. The average Bonchev–Trinajstić information content (AvgIpc) is 2.70. The number of ether oxygens (including phenoxy) is 2. The normalized spacial score (nSPS) is 22.1. The number of carbonyl (C=O) groups is 1. The Morgan fingerprint density at radius 2 is 1.71 bits per heavy atom. The molecule has 2 rings (SSSR count). The number of piperidine rings is 1. The summed E-state index contributed by atoms with van der Waals surface area (Å²) in [6.45, 7) is 7.67. The Balaban J connectivity index is 0.00000122. The molecule has 0 spiro atoms. The standard InChI is InChI=1S/C20H33NO4.CH2O2/c1-3-10-20(16-22)15-21(11-9-19(20)23)12-14-25-18-7-5-17(6-8-18)24-13-4-2;2-1-3/h5-8,19,22-23H,3-4,9-16H2,1-2H3;1H,(H,2,3)/t19-,20+;/m1./s1. The van der Waals surface area contributed by atoms with Crippen LogP contribution in [0.25, 0.3) is 0 Å². The second-order valence-electron chi connectivity index (χ2n) is 7.12. The van der Waals surface area contributed by atoms with Gasteiger partial charge in [-0.2, -0.15) is 0 Å². The van der Waals surface area contributed by atoms with Gasteiger partial charge in [0.15, 0.2) is 0 Å². The predicted molar refractivity (Wildman–Crippen MR) is 108 cm³/mol. The van der Waals surface area contributed by atoms with E-state index in [0.717, 1.165) is 57.0 Å². The predicted octanol–water partition coefficient (Wildman–Crippen LogP) is 2.40. The van der Waals surface area contributed by atoms with Crippen molar-refractivity contribution >= 4 is 6.47 Å². The minimum atomic E-state index is -0.412. The molecule has 1 aromatic carbocycles. The molecule has 2 atom stereocenters. The highest BCUT2D eigenvalue weighted by Gasteiger charge is 2.41. The first-order valence-corrected chi connectivity index (χ1v) is 10.00. The molecule has 0 saturated carbocycles. The first-order valence-electron chi connectivity index (χ1n) is 10.00. The van der Waals surface area contributed by atoms with Crippen LogP contribution in [0, 0.1) is 5.41 Å². The molecule has 1 aromatic rings. The van der Waals surface area contributed by atoms with Crippen LogP contribution >= 0.6 is 0 Å². The number of benzene rings is 1. The molecule has 0 unspecified atom stereocenters. The number of aliphatic hydroxyl groups is 2. The summed E-state index contributed by atoms with van der Waals surface area (Å²) in [5.41, 5.74) is -0.384. The van der Waals surface area contributed by atoms with Crippen LogP contribution in [0.5, 0.6) is 11.5 Å². The van der Waals surface area contributed by atoms with E-state index in [0.29, 0.717) is 13.0 Å². The van der Waals surface area contributed by atoms with E-state index in [2.05, 4.69) is 18.7 Å². The number of nitrogens with zero attached hydrogens (tertiary/aromatic N) is 1. The van der Waals surface area contributed by atoms with Crippen molar-refractivity contribution in [2.75, 3.05) is 39.5 Å². The Morgan fingerprint density at radius 1 is 1.14 bits per heavy atom. The summed E-state index contributed by atoms with van der Waals surface area (Å²) in [7, 11) is 0. The van der Waals surface area contributed by atoms with Gasteiger partial charge in [0, 0.05) is 25.0 Å². The molecule has 1 fully saturated rings. The van der Waals surface area contributed by atoms with E-state index in [-0.39, 0.29) is 18.5 Å². The molecule has 0 radical (unpaired) electrons. The van der Waals surface area contributed by atoms with Crippen molar-refractivity contribution in [1.82, 2.24) is 4.90 Å². The number of hydrogen-bond donors (Lipinski definition) is 3. The van der Waals surface area contributed by atoms with Gasteiger partial charge in [-0.05, 0) is 43.5 Å². The molecule has 0 aromatic heterocycles. The van der Waals surface area contributed by atoms with Crippen molar-refractivity contribution in [3.05, 3.63) is 24.3 Å². The largest absolute Gasteiger partial charge is 0.494 e. The van der Waals surface area contributed by atoms with Crippen molar-refractivity contribution in [2.45, 2.75) is 45.6 Å². The zero-order valence-corrected chi connectivity index (χ0v) is 17.0. The van der Waals surface area contributed by atoms with Gasteiger partial charge in [0.2, 0.25) is 0 Å². The van der Waals surface area contributed by atoms with Crippen molar-refractivity contribution in [1.29, 1.82) is 0 Å². The molecule has 160 valence electrons. The number of rotatable bonds is 10. The van der Waals surface area contributed by atoms with Crippen LogP contribution in [-0.4, -0.2) is 72.3 Å². The van der Waals surface area contributed by atoms with Crippen LogP contribution in [0.15, 0.2) is 24.3 Å². The SMILES string of the molecule is CCCOc1ccc(OCCN2CC[C@@H](O)[C@@](CO)(CCC)C2)cc1.O=CO. The number of aliphatic hydroxyl groups excluding tert-OH is 2. The van der Waals surface area contributed by atoms with Crippen molar-refractivity contribution in [3.8, 4) is 11.5 Å². The second-order valence-corrected chi connectivity index (χ2v) is 7.12. The average molecular weight is 398 g/mol. The van der Waals surface area contributed by atoms with Crippen LogP contribution in [0.1, 0.15) is 39.5 Å². The Kier molecular flexibility index (Phi) is 11.6. The molecule has 1 heterocycles. The van der Waals surface area contributed by atoms with Gasteiger partial charge in [0.25, 0.3) is 6.47 Å². The van der Waals surface area contributed by atoms with Crippen LogP contribution in [0.2, 0.25) is 0 Å². The Labute approximate surface area is 167 Å². The maximum atomic E-state index is 10.3. The fourth-order valence-corrected chi connectivity index (χ4v) is 3.55. The van der Waals surface area contributed by atoms with Gasteiger partial charge < -0.3 is 24.8 Å². The third-order valence-electron chi connectivity index (χ3n) is 5.00. The number of likely N-dealkylation sites (tertiary alicyclic amines) is 1. The third kappa shape index (κ3) is 7.66. The van der Waals surface area contributed by atoms with E-state index in [1.165, 1.54) is 0 Å². The summed E-state index contributed by atoms with van der Waals surface area (Å²) in [5.74, 6) is 1.70. The maximum absolute atomic E-state index is 10.3. The summed E-state index contributed by atoms with van der Waals surface area (Å²) >= 11 is 0. The molecular formula is C21H35NO6. The lowest BCUT2D eigenvalue weighted by atomic mass is 9.74. The lowest BCUT2D eigenvalue weighted by Gasteiger charge is -2.45. The van der Waals surface area contributed by atoms with Crippen molar-refractivity contribution in [2.24, 2.45) is 5.41 Å². The molecule has 1 aliphatic rings. The summed E-state index contributed by atoms with van der Waals surface area (Å²) in [6, 6.07) is 7.72. The highest BCUT2D eigenvalue weighted by atomic mass is 16.5. The summed E-state index contributed by atoms with van der Waals surface area (Å²) in [4.78, 5) is 10.7. The smallest absolute Gasteiger partial charge is 0.290 e. The van der Waals surface area contributed by atoms with Crippen LogP contribution in [0.4, 0.5) is 0 Å². The summed E-state index contributed by atoms with van der Waals surface area (Å²) in [5, 5.41) is 27.0. The minimum Gasteiger partial charge on any atom is -0.494 e. The number of hydrogen-bond acceptors (Lipinski definition) is 6. The monoisotopic (exact) mass is 397 g/mol. The lowest BCUT2D eigenvalue weighted by Crippen LogP contribution is -2.54. The first-order chi connectivity index (χ1) is 13.5.